The van der Waals surface area contributed by atoms with Crippen LogP contribution < -0.4 is 4.72 Å². The number of aliphatic carboxylic acids is 1. The second kappa shape index (κ2) is 5.11. The summed E-state index contributed by atoms with van der Waals surface area (Å²) in [5.74, 6) is -2.38. The first kappa shape index (κ1) is 13.1. The predicted molar refractivity (Wildman–Crippen MR) is 69.1 cm³/mol. The first-order valence-electron chi connectivity index (χ1n) is 5.28. The molecule has 0 saturated carbocycles. The van der Waals surface area contributed by atoms with E-state index in [1.807, 2.05) is 0 Å². The van der Waals surface area contributed by atoms with Gasteiger partial charge in [0, 0.05) is 17.4 Å². The number of carboxylic acid groups (broad SMARTS) is 1. The van der Waals surface area contributed by atoms with Gasteiger partial charge in [-0.15, -0.1) is 0 Å². The number of aromatic amines is 1. The number of aromatic nitrogens is 2. The maximum atomic E-state index is 11.5. The lowest BCUT2D eigenvalue weighted by molar-refractivity contribution is -0.134. The molecule has 0 unspecified atom stereocenters. The number of carboxylic acids is 1. The molecule has 0 spiro atoms. The molecule has 100 valence electrons. The topological polar surface area (TPSA) is 112 Å². The highest BCUT2D eigenvalue weighted by atomic mass is 32.2. The van der Waals surface area contributed by atoms with E-state index in [4.69, 9.17) is 5.11 Å². The van der Waals surface area contributed by atoms with Gasteiger partial charge in [0.15, 0.2) is 5.75 Å². The first-order chi connectivity index (χ1) is 8.96. The van der Waals surface area contributed by atoms with Crippen molar-refractivity contribution in [2.24, 2.45) is 0 Å². The highest BCUT2D eigenvalue weighted by Gasteiger charge is 2.15. The van der Waals surface area contributed by atoms with Crippen molar-refractivity contribution in [1.82, 2.24) is 10.2 Å². The number of benzene rings is 1. The largest absolute Gasteiger partial charge is 0.480 e. The fraction of sp³-hybridized carbons (Fsp3) is 0.0909. The monoisotopic (exact) mass is 281 g/mol. The first-order valence-corrected chi connectivity index (χ1v) is 6.93. The van der Waals surface area contributed by atoms with E-state index in [-0.39, 0.29) is 0 Å². The zero-order valence-electron chi connectivity index (χ0n) is 9.70. The van der Waals surface area contributed by atoms with E-state index < -0.39 is 21.7 Å². The molecule has 0 fully saturated rings. The number of hydrogen-bond donors (Lipinski definition) is 3. The van der Waals surface area contributed by atoms with Gasteiger partial charge in [0.1, 0.15) is 0 Å². The lowest BCUT2D eigenvalue weighted by Crippen LogP contribution is -2.22. The number of rotatable bonds is 5. The number of H-pyrrole nitrogens is 1. The molecule has 0 radical (unpaired) electrons. The van der Waals surface area contributed by atoms with Gasteiger partial charge < -0.3 is 5.11 Å². The van der Waals surface area contributed by atoms with Crippen LogP contribution in [0.2, 0.25) is 0 Å². The van der Waals surface area contributed by atoms with Crippen molar-refractivity contribution >= 4 is 21.7 Å². The minimum Gasteiger partial charge on any atom is -0.480 e. The Morgan fingerprint density at radius 3 is 2.79 bits per heavy atom. The van der Waals surface area contributed by atoms with Crippen LogP contribution in [0, 0.1) is 0 Å². The second-order valence-corrected chi connectivity index (χ2v) is 5.53. The maximum absolute atomic E-state index is 11.5. The zero-order chi connectivity index (χ0) is 13.9. The molecule has 1 heterocycles. The van der Waals surface area contributed by atoms with Crippen molar-refractivity contribution in [2.75, 3.05) is 10.5 Å². The van der Waals surface area contributed by atoms with Crippen LogP contribution >= 0.6 is 0 Å². The number of anilines is 1. The van der Waals surface area contributed by atoms with E-state index in [9.17, 15) is 13.2 Å². The lowest BCUT2D eigenvalue weighted by Gasteiger charge is -2.07. The summed E-state index contributed by atoms with van der Waals surface area (Å²) in [5.41, 5.74) is 1.78. The molecule has 2 rings (SSSR count). The Balaban J connectivity index is 2.23. The van der Waals surface area contributed by atoms with Crippen LogP contribution in [-0.2, 0) is 14.8 Å². The molecule has 0 saturated heterocycles. The van der Waals surface area contributed by atoms with Gasteiger partial charge in [0.05, 0.1) is 5.69 Å². The number of hydrogen-bond acceptors (Lipinski definition) is 4. The Hall–Kier alpha value is -2.35. The summed E-state index contributed by atoms with van der Waals surface area (Å²) < 4.78 is 25.2. The fourth-order valence-corrected chi connectivity index (χ4v) is 2.43. The molecular weight excluding hydrogens is 270 g/mol. The Labute approximate surface area is 109 Å². The highest BCUT2D eigenvalue weighted by molar-refractivity contribution is 7.93. The lowest BCUT2D eigenvalue weighted by atomic mass is 10.1. The average molecular weight is 281 g/mol. The Kier molecular flexibility index (Phi) is 3.52. The molecule has 2 aromatic rings. The zero-order valence-corrected chi connectivity index (χ0v) is 10.5. The molecule has 3 N–H and O–H groups in total. The Bertz CT molecular complexity index is 680. The van der Waals surface area contributed by atoms with Crippen molar-refractivity contribution < 1.29 is 18.3 Å². The summed E-state index contributed by atoms with van der Waals surface area (Å²) in [7, 11) is -3.89. The van der Waals surface area contributed by atoms with Crippen LogP contribution in [0.1, 0.15) is 0 Å². The third-order valence-electron chi connectivity index (χ3n) is 2.26. The van der Waals surface area contributed by atoms with E-state index in [1.54, 1.807) is 36.5 Å². The standard InChI is InChI=1S/C11H11N3O4S/c15-11(16)7-19(17,18)14-9-3-1-2-8(6-9)10-4-5-12-13-10/h1-6,14H,7H2,(H,12,13)(H,15,16). The molecule has 7 nitrogen and oxygen atoms in total. The van der Waals surface area contributed by atoms with Gasteiger partial charge in [-0.3, -0.25) is 14.6 Å². The minimum atomic E-state index is -3.89. The molecule has 19 heavy (non-hydrogen) atoms. The molecule has 0 aliphatic rings. The molecule has 1 aromatic carbocycles. The third-order valence-corrected chi connectivity index (χ3v) is 3.43. The third kappa shape index (κ3) is 3.55. The molecule has 0 bridgehead atoms. The molecule has 0 aliphatic carbocycles. The summed E-state index contributed by atoms with van der Waals surface area (Å²) in [5, 5.41) is 15.1. The minimum absolute atomic E-state index is 0.299. The van der Waals surface area contributed by atoms with Crippen LogP contribution in [0.15, 0.2) is 36.5 Å². The van der Waals surface area contributed by atoms with Crippen LogP contribution in [0.4, 0.5) is 5.69 Å². The summed E-state index contributed by atoms with van der Waals surface area (Å²) in [6.07, 6.45) is 1.58. The summed E-state index contributed by atoms with van der Waals surface area (Å²) in [4.78, 5) is 10.4. The van der Waals surface area contributed by atoms with Gasteiger partial charge in [-0.1, -0.05) is 12.1 Å². The van der Waals surface area contributed by atoms with E-state index in [1.165, 1.54) is 0 Å². The van der Waals surface area contributed by atoms with Crippen molar-refractivity contribution in [3.8, 4) is 11.3 Å². The van der Waals surface area contributed by atoms with Gasteiger partial charge in [-0.2, -0.15) is 5.10 Å². The normalized spacial score (nSPS) is 11.2. The summed E-state index contributed by atoms with van der Waals surface area (Å²) >= 11 is 0. The van der Waals surface area contributed by atoms with Gasteiger partial charge in [0.25, 0.3) is 0 Å². The quantitative estimate of drug-likeness (QED) is 0.753. The summed E-state index contributed by atoms with van der Waals surface area (Å²) in [6, 6.07) is 8.31. The predicted octanol–water partition coefficient (Wildman–Crippen LogP) is 0.903. The van der Waals surface area contributed by atoms with Crippen LogP contribution in [0.3, 0.4) is 0 Å². The van der Waals surface area contributed by atoms with Crippen LogP contribution in [-0.4, -0.2) is 35.4 Å². The van der Waals surface area contributed by atoms with Crippen molar-refractivity contribution in [3.05, 3.63) is 36.5 Å². The molecule has 0 atom stereocenters. The summed E-state index contributed by atoms with van der Waals surface area (Å²) in [6.45, 7) is 0. The number of sulfonamides is 1. The second-order valence-electron chi connectivity index (χ2n) is 3.81. The van der Waals surface area contributed by atoms with E-state index in [0.29, 0.717) is 5.69 Å². The van der Waals surface area contributed by atoms with Gasteiger partial charge >= 0.3 is 5.97 Å². The molecule has 0 aliphatic heterocycles. The molecule has 8 heteroatoms. The van der Waals surface area contributed by atoms with Crippen LogP contribution in [0.5, 0.6) is 0 Å². The number of carbonyl (C=O) groups is 1. The number of nitrogens with one attached hydrogen (secondary N) is 2. The maximum Gasteiger partial charge on any atom is 0.320 e. The van der Waals surface area contributed by atoms with E-state index in [2.05, 4.69) is 14.9 Å². The fourth-order valence-electron chi connectivity index (χ4n) is 1.55. The van der Waals surface area contributed by atoms with E-state index >= 15 is 0 Å². The van der Waals surface area contributed by atoms with Gasteiger partial charge in [-0.25, -0.2) is 8.42 Å². The smallest absolute Gasteiger partial charge is 0.320 e. The Morgan fingerprint density at radius 2 is 2.16 bits per heavy atom. The van der Waals surface area contributed by atoms with Crippen molar-refractivity contribution in [2.45, 2.75) is 0 Å². The number of nitrogens with zero attached hydrogens (tertiary/aromatic N) is 1. The Morgan fingerprint density at radius 1 is 1.37 bits per heavy atom. The van der Waals surface area contributed by atoms with Crippen LogP contribution in [0.25, 0.3) is 11.3 Å². The van der Waals surface area contributed by atoms with Gasteiger partial charge in [0.2, 0.25) is 10.0 Å². The SMILES string of the molecule is O=C(O)CS(=O)(=O)Nc1cccc(-c2ccn[nH]2)c1. The average Bonchev–Trinajstić information content (AvgIpc) is 2.79. The van der Waals surface area contributed by atoms with Crippen molar-refractivity contribution in [3.63, 3.8) is 0 Å². The van der Waals surface area contributed by atoms with Gasteiger partial charge in [-0.05, 0) is 18.2 Å². The highest BCUT2D eigenvalue weighted by Crippen LogP contribution is 2.20. The van der Waals surface area contributed by atoms with E-state index in [0.717, 1.165) is 11.3 Å². The van der Waals surface area contributed by atoms with Crippen molar-refractivity contribution in [1.29, 1.82) is 0 Å². The molecule has 1 aromatic heterocycles. The molecular formula is C11H11N3O4S. The molecule has 0 amide bonds.